The van der Waals surface area contributed by atoms with Crippen molar-refractivity contribution in [3.63, 3.8) is 0 Å². The molecule has 1 heterocycles. The second kappa shape index (κ2) is 8.01. The Balaban J connectivity index is 1.87. The zero-order valence-corrected chi connectivity index (χ0v) is 15.4. The quantitative estimate of drug-likeness (QED) is 0.682. The van der Waals surface area contributed by atoms with Crippen molar-refractivity contribution in [3.8, 4) is 5.75 Å². The lowest BCUT2D eigenvalue weighted by atomic mass is 10.0. The Labute approximate surface area is 149 Å². The molecule has 0 saturated carbocycles. The van der Waals surface area contributed by atoms with E-state index in [9.17, 15) is 9.59 Å². The van der Waals surface area contributed by atoms with Crippen molar-refractivity contribution in [1.82, 2.24) is 15.8 Å². The highest BCUT2D eigenvalue weighted by Crippen LogP contribution is 2.27. The molecule has 0 aliphatic carbocycles. The zero-order chi connectivity index (χ0) is 17.7. The molecule has 0 aliphatic heterocycles. The van der Waals surface area contributed by atoms with Crippen molar-refractivity contribution >= 4 is 27.7 Å². The number of hydrogen-bond donors (Lipinski definition) is 3. The predicted molar refractivity (Wildman–Crippen MR) is 94.9 cm³/mol. The summed E-state index contributed by atoms with van der Waals surface area (Å²) in [6, 6.07) is 7.52. The van der Waals surface area contributed by atoms with Crippen LogP contribution in [0.3, 0.4) is 0 Å². The fourth-order valence-electron chi connectivity index (χ4n) is 2.12. The minimum Gasteiger partial charge on any atom is -0.483 e. The largest absolute Gasteiger partial charge is 0.483 e. The van der Waals surface area contributed by atoms with Gasteiger partial charge in [0, 0.05) is 10.7 Å². The first-order valence-electron chi connectivity index (χ1n) is 7.53. The van der Waals surface area contributed by atoms with E-state index in [0.29, 0.717) is 11.4 Å². The number of ether oxygens (including phenoxy) is 1. The van der Waals surface area contributed by atoms with Crippen molar-refractivity contribution in [2.24, 2.45) is 0 Å². The van der Waals surface area contributed by atoms with Crippen LogP contribution in [0.5, 0.6) is 5.75 Å². The molecule has 0 fully saturated rings. The van der Waals surface area contributed by atoms with Gasteiger partial charge in [-0.1, -0.05) is 26.0 Å². The molecule has 1 aromatic heterocycles. The smallest absolute Gasteiger partial charge is 0.286 e. The van der Waals surface area contributed by atoms with Gasteiger partial charge in [-0.3, -0.25) is 20.4 Å². The van der Waals surface area contributed by atoms with Crippen LogP contribution in [0.2, 0.25) is 0 Å². The third kappa shape index (κ3) is 4.86. The fraction of sp³-hybridized carbons (Fsp3) is 0.294. The number of halogens is 1. The van der Waals surface area contributed by atoms with Gasteiger partial charge in [0.25, 0.3) is 11.8 Å². The minimum absolute atomic E-state index is 0.183. The first-order chi connectivity index (χ1) is 11.4. The first-order valence-corrected chi connectivity index (χ1v) is 8.32. The zero-order valence-electron chi connectivity index (χ0n) is 13.8. The molecule has 2 amide bonds. The Bertz CT molecular complexity index is 740. The van der Waals surface area contributed by atoms with Gasteiger partial charge in [0.1, 0.15) is 11.4 Å². The molecular formula is C17H20BrN3O3. The maximum Gasteiger partial charge on any atom is 0.286 e. The third-order valence-corrected chi connectivity index (χ3v) is 3.82. The standard InChI is InChI=1S/C17H20BrN3O3/c1-10(2)13-5-4-11(3)6-15(13)24-9-16(22)20-21-17(23)14-7-12(18)8-19-14/h4-8,10,19H,9H2,1-3H3,(H,20,22)(H,21,23). The van der Waals surface area contributed by atoms with Gasteiger partial charge in [-0.2, -0.15) is 0 Å². The van der Waals surface area contributed by atoms with Crippen molar-refractivity contribution in [3.05, 3.63) is 51.8 Å². The van der Waals surface area contributed by atoms with E-state index >= 15 is 0 Å². The molecule has 6 nitrogen and oxygen atoms in total. The summed E-state index contributed by atoms with van der Waals surface area (Å²) < 4.78 is 6.36. The number of benzene rings is 1. The monoisotopic (exact) mass is 393 g/mol. The van der Waals surface area contributed by atoms with Gasteiger partial charge in [0.2, 0.25) is 0 Å². The molecule has 1 aromatic carbocycles. The van der Waals surface area contributed by atoms with Gasteiger partial charge in [-0.05, 0) is 52.0 Å². The van der Waals surface area contributed by atoms with Crippen molar-refractivity contribution < 1.29 is 14.3 Å². The molecule has 0 radical (unpaired) electrons. The Morgan fingerprint density at radius 3 is 2.62 bits per heavy atom. The van der Waals surface area contributed by atoms with E-state index < -0.39 is 11.8 Å². The third-order valence-electron chi connectivity index (χ3n) is 3.36. The Hall–Kier alpha value is -2.28. The molecule has 0 atom stereocenters. The molecule has 0 saturated heterocycles. The molecule has 2 rings (SSSR count). The molecule has 0 aliphatic rings. The number of nitrogens with one attached hydrogen (secondary N) is 3. The maximum absolute atomic E-state index is 11.9. The summed E-state index contributed by atoms with van der Waals surface area (Å²) in [6.45, 7) is 5.91. The first kappa shape index (κ1) is 18.1. The highest BCUT2D eigenvalue weighted by molar-refractivity contribution is 9.10. The van der Waals surface area contributed by atoms with E-state index in [1.165, 1.54) is 0 Å². The average molecular weight is 394 g/mol. The summed E-state index contributed by atoms with van der Waals surface area (Å²) in [6.07, 6.45) is 1.63. The number of carbonyl (C=O) groups is 2. The molecule has 2 aromatic rings. The van der Waals surface area contributed by atoms with Gasteiger partial charge in [0.05, 0.1) is 0 Å². The number of hydrazine groups is 1. The number of aromatic amines is 1. The molecule has 0 bridgehead atoms. The van der Waals surface area contributed by atoms with Gasteiger partial charge in [-0.25, -0.2) is 0 Å². The molecule has 3 N–H and O–H groups in total. The molecule has 24 heavy (non-hydrogen) atoms. The highest BCUT2D eigenvalue weighted by Gasteiger charge is 2.12. The fourth-order valence-corrected chi connectivity index (χ4v) is 2.46. The average Bonchev–Trinajstić information content (AvgIpc) is 2.97. The molecule has 7 heteroatoms. The van der Waals surface area contributed by atoms with Crippen LogP contribution >= 0.6 is 15.9 Å². The summed E-state index contributed by atoms with van der Waals surface area (Å²) in [7, 11) is 0. The van der Waals surface area contributed by atoms with Gasteiger partial charge in [0.15, 0.2) is 6.61 Å². The van der Waals surface area contributed by atoms with Crippen LogP contribution in [0.25, 0.3) is 0 Å². The van der Waals surface area contributed by atoms with E-state index in [1.54, 1.807) is 12.3 Å². The Morgan fingerprint density at radius 2 is 2.00 bits per heavy atom. The van der Waals surface area contributed by atoms with Crippen LogP contribution in [0, 0.1) is 6.92 Å². The second-order valence-electron chi connectivity index (χ2n) is 5.72. The second-order valence-corrected chi connectivity index (χ2v) is 6.63. The number of rotatable bonds is 5. The predicted octanol–water partition coefficient (Wildman–Crippen LogP) is 3.05. The number of amides is 2. The highest BCUT2D eigenvalue weighted by atomic mass is 79.9. The van der Waals surface area contributed by atoms with E-state index in [2.05, 4.69) is 45.6 Å². The number of aromatic nitrogens is 1. The van der Waals surface area contributed by atoms with Crippen molar-refractivity contribution in [1.29, 1.82) is 0 Å². The van der Waals surface area contributed by atoms with Gasteiger partial charge < -0.3 is 9.72 Å². The summed E-state index contributed by atoms with van der Waals surface area (Å²) in [5.74, 6) is 0.0899. The van der Waals surface area contributed by atoms with E-state index in [4.69, 9.17) is 4.74 Å². The lowest BCUT2D eigenvalue weighted by Gasteiger charge is -2.15. The lowest BCUT2D eigenvalue weighted by molar-refractivity contribution is -0.123. The Morgan fingerprint density at radius 1 is 1.25 bits per heavy atom. The van der Waals surface area contributed by atoms with E-state index in [1.807, 2.05) is 25.1 Å². The minimum atomic E-state index is -0.440. The van der Waals surface area contributed by atoms with Crippen LogP contribution in [-0.2, 0) is 4.79 Å². The van der Waals surface area contributed by atoms with Gasteiger partial charge >= 0.3 is 0 Å². The van der Waals surface area contributed by atoms with Crippen LogP contribution in [0.1, 0.15) is 41.4 Å². The molecule has 128 valence electrons. The van der Waals surface area contributed by atoms with Crippen LogP contribution in [0.4, 0.5) is 0 Å². The maximum atomic E-state index is 11.9. The summed E-state index contributed by atoms with van der Waals surface area (Å²) in [4.78, 5) is 26.4. The number of H-pyrrole nitrogens is 1. The van der Waals surface area contributed by atoms with Crippen molar-refractivity contribution in [2.75, 3.05) is 6.61 Å². The van der Waals surface area contributed by atoms with Crippen LogP contribution in [0.15, 0.2) is 34.9 Å². The van der Waals surface area contributed by atoms with Crippen molar-refractivity contribution in [2.45, 2.75) is 26.7 Å². The lowest BCUT2D eigenvalue weighted by Crippen LogP contribution is -2.44. The van der Waals surface area contributed by atoms with Crippen LogP contribution < -0.4 is 15.6 Å². The molecular weight excluding hydrogens is 374 g/mol. The normalized spacial score (nSPS) is 10.5. The summed E-state index contributed by atoms with van der Waals surface area (Å²) in [5, 5.41) is 0. The number of hydrogen-bond acceptors (Lipinski definition) is 3. The Kier molecular flexibility index (Phi) is 6.03. The molecule has 0 unspecified atom stereocenters. The SMILES string of the molecule is Cc1ccc(C(C)C)c(OCC(=O)NNC(=O)c2cc(Br)c[nH]2)c1. The van der Waals surface area contributed by atoms with E-state index in [0.717, 1.165) is 15.6 Å². The van der Waals surface area contributed by atoms with E-state index in [-0.39, 0.29) is 12.5 Å². The summed E-state index contributed by atoms with van der Waals surface area (Å²) >= 11 is 3.24. The topological polar surface area (TPSA) is 83.2 Å². The van der Waals surface area contributed by atoms with Crippen LogP contribution in [-0.4, -0.2) is 23.4 Å². The summed E-state index contributed by atoms with van der Waals surface area (Å²) in [5.41, 5.74) is 7.08. The molecule has 0 spiro atoms. The number of aryl methyl sites for hydroxylation is 1. The van der Waals surface area contributed by atoms with Gasteiger partial charge in [-0.15, -0.1) is 0 Å². The number of carbonyl (C=O) groups excluding carboxylic acids is 2.